The van der Waals surface area contributed by atoms with E-state index < -0.39 is 5.60 Å². The quantitative estimate of drug-likeness (QED) is 0.592. The lowest BCUT2D eigenvalue weighted by atomic mass is 9.66. The molecule has 0 radical (unpaired) electrons. The van der Waals surface area contributed by atoms with E-state index in [-0.39, 0.29) is 5.41 Å². The van der Waals surface area contributed by atoms with Crippen LogP contribution in [0.5, 0.6) is 0 Å². The van der Waals surface area contributed by atoms with Gasteiger partial charge in [-0.3, -0.25) is 0 Å². The van der Waals surface area contributed by atoms with Crippen molar-refractivity contribution in [3.8, 4) is 0 Å². The van der Waals surface area contributed by atoms with Gasteiger partial charge < -0.3 is 5.11 Å². The molecule has 0 spiro atoms. The van der Waals surface area contributed by atoms with Crippen LogP contribution in [-0.4, -0.2) is 10.7 Å². The highest BCUT2D eigenvalue weighted by Gasteiger charge is 2.42. The molecule has 0 amide bonds. The second-order valence-electron chi connectivity index (χ2n) is 5.48. The molecule has 72 valence electrons. The molecular weight excluding hydrogens is 148 g/mol. The lowest BCUT2D eigenvalue weighted by Crippen LogP contribution is -2.46. The zero-order valence-electron chi connectivity index (χ0n) is 8.85. The maximum absolute atomic E-state index is 10.4. The molecule has 2 atom stereocenters. The van der Waals surface area contributed by atoms with Gasteiger partial charge in [-0.25, -0.2) is 0 Å². The molecule has 0 aromatic heterocycles. The van der Waals surface area contributed by atoms with Gasteiger partial charge in [0.15, 0.2) is 0 Å². The molecule has 0 heterocycles. The highest BCUT2D eigenvalue weighted by atomic mass is 16.3. The van der Waals surface area contributed by atoms with Crippen LogP contribution in [0.3, 0.4) is 0 Å². The molecule has 0 aromatic carbocycles. The Morgan fingerprint density at radius 2 is 1.92 bits per heavy atom. The van der Waals surface area contributed by atoms with Crippen molar-refractivity contribution in [3.63, 3.8) is 0 Å². The summed E-state index contributed by atoms with van der Waals surface area (Å²) in [6, 6.07) is 0. The molecule has 0 aliphatic heterocycles. The van der Waals surface area contributed by atoms with Gasteiger partial charge in [-0.15, -0.1) is 0 Å². The summed E-state index contributed by atoms with van der Waals surface area (Å²) in [5.74, 6) is 0.697. The first-order valence-corrected chi connectivity index (χ1v) is 5.07. The third kappa shape index (κ3) is 1.82. The fraction of sp³-hybridized carbons (Fsp3) is 1.00. The average Bonchev–Trinajstić information content (AvgIpc) is 1.83. The summed E-state index contributed by atoms with van der Waals surface area (Å²) in [5.41, 5.74) is -0.369. The van der Waals surface area contributed by atoms with Crippen molar-refractivity contribution in [2.75, 3.05) is 0 Å². The number of aliphatic hydroxyl groups is 1. The lowest BCUT2D eigenvalue weighted by molar-refractivity contribution is -0.0963. The Hall–Kier alpha value is -0.0400. The summed E-state index contributed by atoms with van der Waals surface area (Å²) < 4.78 is 0. The Labute approximate surface area is 76.2 Å². The fourth-order valence-corrected chi connectivity index (χ4v) is 2.20. The first-order valence-electron chi connectivity index (χ1n) is 5.07. The molecular formula is C11H22O. The van der Waals surface area contributed by atoms with Crippen molar-refractivity contribution in [3.05, 3.63) is 0 Å². The van der Waals surface area contributed by atoms with Crippen LogP contribution in [-0.2, 0) is 0 Å². The zero-order chi connectivity index (χ0) is 9.41. The summed E-state index contributed by atoms with van der Waals surface area (Å²) in [6.45, 7) is 8.68. The predicted octanol–water partition coefficient (Wildman–Crippen LogP) is 2.97. The number of hydrogen-bond acceptors (Lipinski definition) is 1. The Morgan fingerprint density at radius 1 is 1.33 bits per heavy atom. The van der Waals surface area contributed by atoms with Crippen molar-refractivity contribution < 1.29 is 5.11 Å². The second-order valence-corrected chi connectivity index (χ2v) is 5.48. The summed E-state index contributed by atoms with van der Waals surface area (Å²) in [7, 11) is 0. The molecule has 12 heavy (non-hydrogen) atoms. The topological polar surface area (TPSA) is 20.2 Å². The first kappa shape index (κ1) is 10.0. The maximum Gasteiger partial charge on any atom is 0.0698 e. The van der Waals surface area contributed by atoms with Gasteiger partial charge >= 0.3 is 0 Å². The predicted molar refractivity (Wildman–Crippen MR) is 52.0 cm³/mol. The van der Waals surface area contributed by atoms with E-state index in [0.717, 1.165) is 12.8 Å². The van der Waals surface area contributed by atoms with Gasteiger partial charge in [-0.2, -0.15) is 0 Å². The van der Waals surface area contributed by atoms with Crippen LogP contribution in [0, 0.1) is 11.3 Å². The third-order valence-electron chi connectivity index (χ3n) is 3.37. The molecule has 1 saturated carbocycles. The standard InChI is InChI=1S/C11H22O/c1-9-6-5-7-11(12,8-9)10(2,3)4/h9,12H,5-8H2,1-4H3/t9-,11+/m1/s1. The summed E-state index contributed by atoms with van der Waals surface area (Å²) in [5, 5.41) is 10.4. The molecule has 0 bridgehead atoms. The largest absolute Gasteiger partial charge is 0.389 e. The summed E-state index contributed by atoms with van der Waals surface area (Å²) in [4.78, 5) is 0. The number of rotatable bonds is 0. The van der Waals surface area contributed by atoms with Crippen LogP contribution in [0.2, 0.25) is 0 Å². The Morgan fingerprint density at radius 3 is 2.25 bits per heavy atom. The third-order valence-corrected chi connectivity index (χ3v) is 3.37. The van der Waals surface area contributed by atoms with Crippen molar-refractivity contribution >= 4 is 0 Å². The molecule has 1 aliphatic carbocycles. The van der Waals surface area contributed by atoms with Gasteiger partial charge in [-0.1, -0.05) is 40.5 Å². The van der Waals surface area contributed by atoms with Gasteiger partial charge in [0.25, 0.3) is 0 Å². The molecule has 1 heteroatoms. The molecule has 1 N–H and O–H groups in total. The monoisotopic (exact) mass is 170 g/mol. The SMILES string of the molecule is C[C@@H]1CCC[C@@](O)(C(C)(C)C)C1. The molecule has 1 aliphatic rings. The van der Waals surface area contributed by atoms with Crippen molar-refractivity contribution in [2.24, 2.45) is 11.3 Å². The Bertz CT molecular complexity index is 157. The fourth-order valence-electron chi connectivity index (χ4n) is 2.20. The normalized spacial score (nSPS) is 38.2. The smallest absolute Gasteiger partial charge is 0.0698 e. The van der Waals surface area contributed by atoms with Crippen molar-refractivity contribution in [1.29, 1.82) is 0 Å². The minimum Gasteiger partial charge on any atom is -0.389 e. The summed E-state index contributed by atoms with van der Waals surface area (Å²) >= 11 is 0. The highest BCUT2D eigenvalue weighted by Crippen LogP contribution is 2.43. The van der Waals surface area contributed by atoms with Crippen LogP contribution in [0.4, 0.5) is 0 Å². The average molecular weight is 170 g/mol. The van der Waals surface area contributed by atoms with Crippen LogP contribution in [0.1, 0.15) is 53.4 Å². The van der Waals surface area contributed by atoms with Gasteiger partial charge in [-0.05, 0) is 24.2 Å². The molecule has 1 nitrogen and oxygen atoms in total. The number of hydrogen-bond donors (Lipinski definition) is 1. The molecule has 0 saturated heterocycles. The first-order chi connectivity index (χ1) is 5.35. The minimum absolute atomic E-state index is 0.0433. The van der Waals surface area contributed by atoms with E-state index in [0.29, 0.717) is 5.92 Å². The molecule has 0 aromatic rings. The van der Waals surface area contributed by atoms with Gasteiger partial charge in [0, 0.05) is 0 Å². The van der Waals surface area contributed by atoms with E-state index in [1.54, 1.807) is 0 Å². The van der Waals surface area contributed by atoms with Crippen LogP contribution in [0.25, 0.3) is 0 Å². The Balaban J connectivity index is 2.70. The summed E-state index contributed by atoms with van der Waals surface area (Å²) in [6.07, 6.45) is 4.45. The maximum atomic E-state index is 10.4. The zero-order valence-corrected chi connectivity index (χ0v) is 8.85. The lowest BCUT2D eigenvalue weighted by Gasteiger charge is -2.45. The van der Waals surface area contributed by atoms with Crippen molar-refractivity contribution in [1.82, 2.24) is 0 Å². The van der Waals surface area contributed by atoms with E-state index in [2.05, 4.69) is 27.7 Å². The highest BCUT2D eigenvalue weighted by molar-refractivity contribution is 4.94. The molecule has 0 unspecified atom stereocenters. The Kier molecular flexibility index (Phi) is 2.53. The van der Waals surface area contributed by atoms with E-state index in [1.165, 1.54) is 12.8 Å². The molecule has 1 fully saturated rings. The minimum atomic E-state index is -0.412. The van der Waals surface area contributed by atoms with Gasteiger partial charge in [0.1, 0.15) is 0 Å². The van der Waals surface area contributed by atoms with Crippen molar-refractivity contribution in [2.45, 2.75) is 59.0 Å². The van der Waals surface area contributed by atoms with E-state index >= 15 is 0 Å². The van der Waals surface area contributed by atoms with Crippen LogP contribution in [0.15, 0.2) is 0 Å². The van der Waals surface area contributed by atoms with Gasteiger partial charge in [0.2, 0.25) is 0 Å². The van der Waals surface area contributed by atoms with E-state index in [1.807, 2.05) is 0 Å². The molecule has 1 rings (SSSR count). The van der Waals surface area contributed by atoms with Gasteiger partial charge in [0.05, 0.1) is 5.60 Å². The van der Waals surface area contributed by atoms with Crippen LogP contribution < -0.4 is 0 Å². The van der Waals surface area contributed by atoms with E-state index in [4.69, 9.17) is 0 Å². The van der Waals surface area contributed by atoms with Crippen LogP contribution >= 0.6 is 0 Å². The van der Waals surface area contributed by atoms with E-state index in [9.17, 15) is 5.11 Å². The second kappa shape index (κ2) is 3.02.